The lowest BCUT2D eigenvalue weighted by Gasteiger charge is -2.27. The zero-order valence-electron chi connectivity index (χ0n) is 30.6. The number of imide groups is 2. The molecule has 6 amide bonds. The largest absolute Gasteiger partial charge is 0.384 e. The molecule has 15 nitrogen and oxygen atoms in total. The number of piperidine rings is 1. The normalized spacial score (nSPS) is 14.7. The highest BCUT2D eigenvalue weighted by molar-refractivity contribution is 6.34. The third kappa shape index (κ3) is 8.76. The van der Waals surface area contributed by atoms with Crippen molar-refractivity contribution in [2.75, 3.05) is 34.4 Å². The summed E-state index contributed by atoms with van der Waals surface area (Å²) in [7, 11) is 0. The summed E-state index contributed by atoms with van der Waals surface area (Å²) in [6.07, 6.45) is 2.38. The molecule has 1 fully saturated rings. The first kappa shape index (κ1) is 39.1. The fraction of sp³-hybridized carbons (Fsp3) is 0.171. The predicted molar refractivity (Wildman–Crippen MR) is 214 cm³/mol. The van der Waals surface area contributed by atoms with Crippen molar-refractivity contribution in [3.05, 3.63) is 130 Å². The smallest absolute Gasteiger partial charge is 0.264 e. The molecule has 1 atom stereocenters. The van der Waals surface area contributed by atoms with Crippen LogP contribution in [0.2, 0.25) is 5.02 Å². The van der Waals surface area contributed by atoms with Crippen LogP contribution >= 0.6 is 11.6 Å². The van der Waals surface area contributed by atoms with Crippen LogP contribution in [-0.4, -0.2) is 69.4 Å². The summed E-state index contributed by atoms with van der Waals surface area (Å²) in [4.78, 5) is 84.9. The number of carbonyl (C=O) groups excluding carboxylic acids is 6. The van der Waals surface area contributed by atoms with Gasteiger partial charge in [0.05, 0.1) is 28.0 Å². The number of para-hydroxylation sites is 1. The average molecular weight is 804 g/mol. The first-order valence-corrected chi connectivity index (χ1v) is 18.6. The summed E-state index contributed by atoms with van der Waals surface area (Å²) in [5.74, 6) is -3.59. The molecule has 1 unspecified atom stereocenters. The number of nitrogens with one attached hydrogen (secondary N) is 6. The number of halogens is 2. The Hall–Kier alpha value is -7.20. The molecule has 17 heteroatoms. The van der Waals surface area contributed by atoms with Gasteiger partial charge in [0.25, 0.3) is 23.6 Å². The maximum atomic E-state index is 14.7. The van der Waals surface area contributed by atoms with Gasteiger partial charge in [-0.2, -0.15) is 4.98 Å². The average Bonchev–Trinajstić information content (AvgIpc) is 3.47. The monoisotopic (exact) mass is 803 g/mol. The minimum Gasteiger partial charge on any atom is -0.384 e. The molecule has 0 spiro atoms. The Morgan fingerprint density at radius 2 is 1.47 bits per heavy atom. The number of rotatable bonds is 14. The quantitative estimate of drug-likeness (QED) is 0.0565. The van der Waals surface area contributed by atoms with E-state index in [-0.39, 0.29) is 47.5 Å². The lowest BCUT2D eigenvalue weighted by atomic mass is 10.0. The van der Waals surface area contributed by atoms with Gasteiger partial charge in [-0.1, -0.05) is 29.8 Å². The summed E-state index contributed by atoms with van der Waals surface area (Å²) in [5.41, 5.74) is 3.15. The van der Waals surface area contributed by atoms with Crippen molar-refractivity contribution in [1.29, 1.82) is 0 Å². The van der Waals surface area contributed by atoms with E-state index in [1.807, 2.05) is 0 Å². The lowest BCUT2D eigenvalue weighted by Crippen LogP contribution is -2.54. The summed E-state index contributed by atoms with van der Waals surface area (Å²) in [6, 6.07) is 23.7. The van der Waals surface area contributed by atoms with E-state index in [9.17, 15) is 33.2 Å². The molecule has 0 aliphatic carbocycles. The molecule has 2 aliphatic heterocycles. The third-order valence-corrected chi connectivity index (χ3v) is 9.68. The number of benzene rings is 4. The van der Waals surface area contributed by atoms with Crippen LogP contribution in [-0.2, 0) is 9.59 Å². The number of aromatic nitrogens is 2. The molecule has 58 heavy (non-hydrogen) atoms. The molecule has 294 valence electrons. The summed E-state index contributed by atoms with van der Waals surface area (Å²) in [6.45, 7) is 0.831. The predicted octanol–water partition coefficient (Wildman–Crippen LogP) is 6.03. The minimum atomic E-state index is -1.05. The Morgan fingerprint density at radius 3 is 2.19 bits per heavy atom. The van der Waals surface area contributed by atoms with Crippen molar-refractivity contribution in [3.8, 4) is 0 Å². The maximum absolute atomic E-state index is 14.7. The van der Waals surface area contributed by atoms with Crippen LogP contribution < -0.4 is 31.9 Å². The summed E-state index contributed by atoms with van der Waals surface area (Å²) in [5, 5.41) is 17.3. The first-order chi connectivity index (χ1) is 28.0. The number of fused-ring (bicyclic) bond motifs is 1. The number of carbonyl (C=O) groups is 6. The number of amides is 6. The van der Waals surface area contributed by atoms with Gasteiger partial charge in [0.2, 0.25) is 17.8 Å². The molecule has 0 bridgehead atoms. The van der Waals surface area contributed by atoms with Crippen LogP contribution in [0.5, 0.6) is 0 Å². The van der Waals surface area contributed by atoms with E-state index in [0.717, 1.165) is 11.1 Å². The van der Waals surface area contributed by atoms with Gasteiger partial charge in [0.1, 0.15) is 6.04 Å². The van der Waals surface area contributed by atoms with Gasteiger partial charge in [-0.05, 0) is 92.1 Å². The molecule has 0 saturated carbocycles. The van der Waals surface area contributed by atoms with Crippen molar-refractivity contribution in [2.45, 2.75) is 31.7 Å². The van der Waals surface area contributed by atoms with Crippen LogP contribution in [0, 0.1) is 5.82 Å². The zero-order valence-corrected chi connectivity index (χ0v) is 31.4. The van der Waals surface area contributed by atoms with Gasteiger partial charge in [0.15, 0.2) is 11.6 Å². The Labute approximate surface area is 335 Å². The van der Waals surface area contributed by atoms with Crippen LogP contribution in [0.1, 0.15) is 67.1 Å². The molecular formula is C41H35ClFN9O6. The van der Waals surface area contributed by atoms with Gasteiger partial charge in [-0.15, -0.1) is 0 Å². The highest BCUT2D eigenvalue weighted by Gasteiger charge is 2.45. The molecule has 7 rings (SSSR count). The van der Waals surface area contributed by atoms with E-state index in [0.29, 0.717) is 64.8 Å². The highest BCUT2D eigenvalue weighted by atomic mass is 35.5. The second kappa shape index (κ2) is 17.3. The van der Waals surface area contributed by atoms with Crippen molar-refractivity contribution >= 4 is 81.6 Å². The fourth-order valence-electron chi connectivity index (χ4n) is 6.39. The van der Waals surface area contributed by atoms with Crippen molar-refractivity contribution in [1.82, 2.24) is 25.5 Å². The van der Waals surface area contributed by atoms with E-state index < -0.39 is 35.5 Å². The van der Waals surface area contributed by atoms with E-state index in [2.05, 4.69) is 41.9 Å². The molecule has 5 aromatic rings. The molecule has 6 N–H and O–H groups in total. The highest BCUT2D eigenvalue weighted by Crippen LogP contribution is 2.32. The molecule has 1 aromatic heterocycles. The van der Waals surface area contributed by atoms with Crippen LogP contribution in [0.15, 0.2) is 97.2 Å². The van der Waals surface area contributed by atoms with Crippen molar-refractivity contribution in [2.24, 2.45) is 0 Å². The zero-order chi connectivity index (χ0) is 40.8. The molecule has 0 radical (unpaired) electrons. The van der Waals surface area contributed by atoms with Gasteiger partial charge in [-0.3, -0.25) is 39.0 Å². The Kier molecular flexibility index (Phi) is 11.6. The van der Waals surface area contributed by atoms with Crippen LogP contribution in [0.25, 0.3) is 0 Å². The molecule has 3 heterocycles. The van der Waals surface area contributed by atoms with E-state index in [1.54, 1.807) is 84.9 Å². The standard InChI is InChI=1S/C41H35ClFN9O6/c42-28-7-1-2-8-30(28)49-37(55)24-12-14-25(15-13-24)47-35-29(43)22-46-41(51-35)48-26-16-10-23(11-17-26)36(54)45-21-4-3-20-44-31-9-5-6-27-34(31)40(58)52(39(27)57)32-18-19-33(53)50-38(32)56/h1-2,5-17,22,32,44H,3-4,18-21H2,(H,45,54)(H,49,55)(H,50,53,56)(H2,46,47,48,51). The van der Waals surface area contributed by atoms with Gasteiger partial charge in [-0.25, -0.2) is 9.37 Å². The Morgan fingerprint density at radius 1 is 0.793 bits per heavy atom. The topological polar surface area (TPSA) is 204 Å². The summed E-state index contributed by atoms with van der Waals surface area (Å²) < 4.78 is 14.7. The molecule has 4 aromatic carbocycles. The van der Waals surface area contributed by atoms with Crippen molar-refractivity contribution < 1.29 is 33.2 Å². The minimum absolute atomic E-state index is 0.0389. The number of hydrogen-bond donors (Lipinski definition) is 6. The maximum Gasteiger partial charge on any atom is 0.264 e. The fourth-order valence-corrected chi connectivity index (χ4v) is 6.57. The lowest BCUT2D eigenvalue weighted by molar-refractivity contribution is -0.136. The van der Waals surface area contributed by atoms with Gasteiger partial charge >= 0.3 is 0 Å². The van der Waals surface area contributed by atoms with E-state index in [1.165, 1.54) is 6.07 Å². The number of unbranched alkanes of at least 4 members (excludes halogenated alkanes) is 1. The Balaban J connectivity index is 0.856. The molecule has 1 saturated heterocycles. The van der Waals surface area contributed by atoms with Gasteiger partial charge < -0.3 is 26.6 Å². The second-order valence-corrected chi connectivity index (χ2v) is 13.7. The molecule has 2 aliphatic rings. The first-order valence-electron chi connectivity index (χ1n) is 18.2. The summed E-state index contributed by atoms with van der Waals surface area (Å²) >= 11 is 6.13. The number of nitrogens with zero attached hydrogens (tertiary/aromatic N) is 3. The van der Waals surface area contributed by atoms with Crippen LogP contribution in [0.4, 0.5) is 38.9 Å². The van der Waals surface area contributed by atoms with Gasteiger partial charge in [0, 0.05) is 47.7 Å². The van der Waals surface area contributed by atoms with E-state index >= 15 is 0 Å². The Bertz CT molecular complexity index is 2430. The van der Waals surface area contributed by atoms with E-state index in [4.69, 9.17) is 11.6 Å². The van der Waals surface area contributed by atoms with Crippen molar-refractivity contribution in [3.63, 3.8) is 0 Å². The molecular weight excluding hydrogens is 769 g/mol. The second-order valence-electron chi connectivity index (χ2n) is 13.3. The third-order valence-electron chi connectivity index (χ3n) is 9.35. The van der Waals surface area contributed by atoms with Crippen LogP contribution in [0.3, 0.4) is 0 Å². The SMILES string of the molecule is O=C1CCC(N2C(=O)c3cccc(NCCCCNC(=O)c4ccc(Nc5ncc(F)c(Nc6ccc(C(=O)Nc7ccccc7Cl)cc6)n5)cc4)c3C2=O)C(=O)N1. The number of anilines is 6. The number of hydrogen-bond acceptors (Lipinski definition) is 11.